The summed E-state index contributed by atoms with van der Waals surface area (Å²) in [7, 11) is 0. The lowest BCUT2D eigenvalue weighted by Gasteiger charge is -2.11. The lowest BCUT2D eigenvalue weighted by atomic mass is 10.0. The van der Waals surface area contributed by atoms with E-state index in [2.05, 4.69) is 79.8 Å². The molecule has 0 unspecified atom stereocenters. The topological polar surface area (TPSA) is 21.3 Å². The minimum atomic E-state index is 0.528. The van der Waals surface area contributed by atoms with Crippen LogP contribution < -0.4 is 10.1 Å². The Kier molecular flexibility index (Phi) is 5.73. The fourth-order valence-electron chi connectivity index (χ4n) is 2.61. The van der Waals surface area contributed by atoms with Crippen molar-refractivity contribution in [2.24, 2.45) is 5.92 Å². The molecule has 0 heterocycles. The Hall–Kier alpha value is -2.74. The number of rotatable bonds is 7. The summed E-state index contributed by atoms with van der Waals surface area (Å²) in [6, 6.07) is 27.3. The van der Waals surface area contributed by atoms with Gasteiger partial charge in [-0.1, -0.05) is 74.5 Å². The second-order valence-corrected chi connectivity index (χ2v) is 6.65. The number of ether oxygens (including phenoxy) is 1. The molecule has 1 N–H and O–H groups in total. The van der Waals surface area contributed by atoms with Crippen LogP contribution in [0.1, 0.15) is 19.4 Å². The van der Waals surface area contributed by atoms with Crippen LogP contribution in [0.4, 0.5) is 5.69 Å². The van der Waals surface area contributed by atoms with Gasteiger partial charge in [0.05, 0.1) is 6.61 Å². The van der Waals surface area contributed by atoms with Gasteiger partial charge in [-0.05, 0) is 34.7 Å². The van der Waals surface area contributed by atoms with Crippen LogP contribution in [-0.4, -0.2) is 6.61 Å². The molecule has 25 heavy (non-hydrogen) atoms. The third-order valence-corrected chi connectivity index (χ3v) is 3.98. The molecule has 0 saturated carbocycles. The molecule has 0 aliphatic rings. The van der Waals surface area contributed by atoms with Crippen molar-refractivity contribution in [1.29, 1.82) is 0 Å². The summed E-state index contributed by atoms with van der Waals surface area (Å²) in [5, 5.41) is 3.47. The van der Waals surface area contributed by atoms with Gasteiger partial charge < -0.3 is 10.1 Å². The first-order chi connectivity index (χ1) is 12.2. The predicted octanol–water partition coefficient (Wildman–Crippen LogP) is 6.00. The summed E-state index contributed by atoms with van der Waals surface area (Å²) in [6.07, 6.45) is 0. The van der Waals surface area contributed by atoms with Crippen LogP contribution in [0.25, 0.3) is 11.1 Å². The summed E-state index contributed by atoms with van der Waals surface area (Å²) >= 11 is 0. The first-order valence-electron chi connectivity index (χ1n) is 8.82. The minimum absolute atomic E-state index is 0.528. The molecule has 0 aliphatic heterocycles. The van der Waals surface area contributed by atoms with E-state index in [0.717, 1.165) is 24.6 Å². The van der Waals surface area contributed by atoms with Crippen molar-refractivity contribution in [3.05, 3.63) is 84.4 Å². The molecule has 0 aromatic heterocycles. The monoisotopic (exact) mass is 331 g/mol. The van der Waals surface area contributed by atoms with Crippen LogP contribution in [0, 0.1) is 5.92 Å². The molecule has 0 bridgehead atoms. The summed E-state index contributed by atoms with van der Waals surface area (Å²) in [6.45, 7) is 5.84. The van der Waals surface area contributed by atoms with Gasteiger partial charge in [-0.15, -0.1) is 0 Å². The van der Waals surface area contributed by atoms with Gasteiger partial charge in [0, 0.05) is 18.3 Å². The second-order valence-electron chi connectivity index (χ2n) is 6.65. The van der Waals surface area contributed by atoms with E-state index in [9.17, 15) is 0 Å². The van der Waals surface area contributed by atoms with Gasteiger partial charge in [0.15, 0.2) is 0 Å². The second kappa shape index (κ2) is 8.39. The number of hydrogen-bond acceptors (Lipinski definition) is 2. The standard InChI is InChI=1S/C23H25NO/c1-18(2)17-25-23-10-6-9-22(15-23)24-16-19-11-13-21(14-12-19)20-7-4-3-5-8-20/h3-15,18,24H,16-17H2,1-2H3. The van der Waals surface area contributed by atoms with Gasteiger partial charge in [-0.2, -0.15) is 0 Å². The molecule has 3 aromatic carbocycles. The van der Waals surface area contributed by atoms with Crippen LogP contribution in [0.15, 0.2) is 78.9 Å². The Morgan fingerprint density at radius 2 is 1.52 bits per heavy atom. The molecule has 3 rings (SSSR count). The summed E-state index contributed by atoms with van der Waals surface area (Å²) < 4.78 is 5.78. The first-order valence-corrected chi connectivity index (χ1v) is 8.82. The van der Waals surface area contributed by atoms with E-state index in [1.54, 1.807) is 0 Å². The van der Waals surface area contributed by atoms with E-state index in [1.807, 2.05) is 18.2 Å². The van der Waals surface area contributed by atoms with Crippen molar-refractivity contribution < 1.29 is 4.74 Å². The van der Waals surface area contributed by atoms with Crippen molar-refractivity contribution in [3.63, 3.8) is 0 Å². The van der Waals surface area contributed by atoms with Crippen molar-refractivity contribution in [3.8, 4) is 16.9 Å². The van der Waals surface area contributed by atoms with Gasteiger partial charge in [0.1, 0.15) is 5.75 Å². The van der Waals surface area contributed by atoms with E-state index >= 15 is 0 Å². The lowest BCUT2D eigenvalue weighted by molar-refractivity contribution is 0.271. The molecule has 2 heteroatoms. The van der Waals surface area contributed by atoms with Crippen LogP contribution in [0.3, 0.4) is 0 Å². The molecule has 0 radical (unpaired) electrons. The zero-order valence-corrected chi connectivity index (χ0v) is 14.9. The molecule has 0 fully saturated rings. The van der Waals surface area contributed by atoms with Crippen LogP contribution >= 0.6 is 0 Å². The van der Waals surface area contributed by atoms with E-state index in [4.69, 9.17) is 4.74 Å². The quantitative estimate of drug-likeness (QED) is 0.573. The third kappa shape index (κ3) is 5.12. The van der Waals surface area contributed by atoms with Gasteiger partial charge in [-0.3, -0.25) is 0 Å². The van der Waals surface area contributed by atoms with Crippen LogP contribution in [0.2, 0.25) is 0 Å². The summed E-state index contributed by atoms with van der Waals surface area (Å²) in [4.78, 5) is 0. The Labute approximate surface area is 150 Å². The van der Waals surface area contributed by atoms with E-state index in [0.29, 0.717) is 5.92 Å². The first kappa shape index (κ1) is 17.1. The van der Waals surface area contributed by atoms with E-state index < -0.39 is 0 Å². The van der Waals surface area contributed by atoms with Crippen LogP contribution in [0.5, 0.6) is 5.75 Å². The zero-order valence-electron chi connectivity index (χ0n) is 14.9. The maximum absolute atomic E-state index is 5.78. The fourth-order valence-corrected chi connectivity index (χ4v) is 2.61. The summed E-state index contributed by atoms with van der Waals surface area (Å²) in [5.74, 6) is 1.44. The highest BCUT2D eigenvalue weighted by Gasteiger charge is 2.01. The zero-order chi connectivity index (χ0) is 17.5. The third-order valence-electron chi connectivity index (χ3n) is 3.98. The van der Waals surface area contributed by atoms with Gasteiger partial charge in [0.25, 0.3) is 0 Å². The van der Waals surface area contributed by atoms with Crippen molar-refractivity contribution in [2.75, 3.05) is 11.9 Å². The van der Waals surface area contributed by atoms with E-state index in [1.165, 1.54) is 16.7 Å². The SMILES string of the molecule is CC(C)COc1cccc(NCc2ccc(-c3ccccc3)cc2)c1. The van der Waals surface area contributed by atoms with Crippen molar-refractivity contribution in [1.82, 2.24) is 0 Å². The number of nitrogens with one attached hydrogen (secondary N) is 1. The van der Waals surface area contributed by atoms with Gasteiger partial charge >= 0.3 is 0 Å². The molecule has 0 saturated heterocycles. The minimum Gasteiger partial charge on any atom is -0.493 e. The largest absolute Gasteiger partial charge is 0.493 e. The Morgan fingerprint density at radius 1 is 0.800 bits per heavy atom. The van der Waals surface area contributed by atoms with Crippen molar-refractivity contribution in [2.45, 2.75) is 20.4 Å². The smallest absolute Gasteiger partial charge is 0.121 e. The molecule has 3 aromatic rings. The normalized spacial score (nSPS) is 10.7. The van der Waals surface area contributed by atoms with Gasteiger partial charge in [-0.25, -0.2) is 0 Å². The average molecular weight is 331 g/mol. The van der Waals surface area contributed by atoms with E-state index in [-0.39, 0.29) is 0 Å². The maximum Gasteiger partial charge on any atom is 0.121 e. The fraction of sp³-hybridized carbons (Fsp3) is 0.217. The highest BCUT2D eigenvalue weighted by Crippen LogP contribution is 2.21. The average Bonchev–Trinajstić information content (AvgIpc) is 2.66. The van der Waals surface area contributed by atoms with Crippen LogP contribution in [-0.2, 0) is 6.54 Å². The molecule has 0 amide bonds. The molecule has 0 spiro atoms. The highest BCUT2D eigenvalue weighted by molar-refractivity contribution is 5.63. The summed E-state index contributed by atoms with van der Waals surface area (Å²) in [5.41, 5.74) is 4.83. The molecule has 0 aliphatic carbocycles. The van der Waals surface area contributed by atoms with Gasteiger partial charge in [0.2, 0.25) is 0 Å². The number of benzene rings is 3. The molecular formula is C23H25NO. The number of anilines is 1. The molecule has 0 atom stereocenters. The Morgan fingerprint density at radius 3 is 2.24 bits per heavy atom. The molecule has 128 valence electrons. The number of hydrogen-bond donors (Lipinski definition) is 1. The maximum atomic E-state index is 5.78. The lowest BCUT2D eigenvalue weighted by Crippen LogP contribution is -2.05. The Balaban J connectivity index is 1.59. The Bertz CT molecular complexity index is 779. The predicted molar refractivity (Wildman–Crippen MR) is 106 cm³/mol. The van der Waals surface area contributed by atoms with Crippen molar-refractivity contribution >= 4 is 5.69 Å². The molecule has 2 nitrogen and oxygen atoms in total. The highest BCUT2D eigenvalue weighted by atomic mass is 16.5. The molecular weight excluding hydrogens is 306 g/mol.